The Morgan fingerprint density at radius 2 is 1.71 bits per heavy atom. The Labute approximate surface area is 105 Å². The van der Waals surface area contributed by atoms with Gasteiger partial charge in [-0.25, -0.2) is 0 Å². The van der Waals surface area contributed by atoms with Crippen LogP contribution in [0.1, 0.15) is 34.1 Å². The van der Waals surface area contributed by atoms with Gasteiger partial charge in [0.25, 0.3) is 0 Å². The Balaban J connectivity index is 3.67. The molecular formula is C13H29NO3. The average Bonchev–Trinajstić information content (AvgIpc) is 2.21. The highest BCUT2D eigenvalue weighted by atomic mass is 16.5. The van der Waals surface area contributed by atoms with E-state index in [1.165, 1.54) is 0 Å². The van der Waals surface area contributed by atoms with Crippen molar-refractivity contribution in [3.63, 3.8) is 0 Å². The zero-order chi connectivity index (χ0) is 13.3. The second kappa shape index (κ2) is 9.83. The maximum Gasteiger partial charge on any atom is 0.0957 e. The minimum absolute atomic E-state index is 0.0297. The summed E-state index contributed by atoms with van der Waals surface area (Å²) in [5.41, 5.74) is 5.97. The van der Waals surface area contributed by atoms with Crippen LogP contribution in [0.2, 0.25) is 0 Å². The first-order valence-electron chi connectivity index (χ1n) is 6.53. The molecule has 2 unspecified atom stereocenters. The highest BCUT2D eigenvalue weighted by Crippen LogP contribution is 2.08. The number of nitrogens with two attached hydrogens (primary N) is 1. The van der Waals surface area contributed by atoms with E-state index < -0.39 is 0 Å². The van der Waals surface area contributed by atoms with Gasteiger partial charge >= 0.3 is 0 Å². The van der Waals surface area contributed by atoms with Gasteiger partial charge in [-0.3, -0.25) is 0 Å². The van der Waals surface area contributed by atoms with Crippen molar-refractivity contribution in [1.29, 1.82) is 0 Å². The molecule has 3 N–H and O–H groups in total. The van der Waals surface area contributed by atoms with Gasteiger partial charge in [0.1, 0.15) is 0 Å². The molecule has 0 heterocycles. The highest BCUT2D eigenvalue weighted by Gasteiger charge is 2.18. The van der Waals surface area contributed by atoms with Crippen molar-refractivity contribution in [2.45, 2.75) is 46.3 Å². The summed E-state index contributed by atoms with van der Waals surface area (Å²) >= 11 is 0. The van der Waals surface area contributed by atoms with Gasteiger partial charge in [0.15, 0.2) is 0 Å². The van der Waals surface area contributed by atoms with Crippen molar-refractivity contribution in [3.05, 3.63) is 0 Å². The first-order valence-corrected chi connectivity index (χ1v) is 6.53. The molecule has 4 heteroatoms. The van der Waals surface area contributed by atoms with E-state index in [0.29, 0.717) is 25.0 Å². The van der Waals surface area contributed by atoms with Crippen LogP contribution in [0.4, 0.5) is 0 Å². The molecule has 104 valence electrons. The first kappa shape index (κ1) is 16.8. The highest BCUT2D eigenvalue weighted by molar-refractivity contribution is 4.74. The van der Waals surface area contributed by atoms with Crippen LogP contribution in [0.25, 0.3) is 0 Å². The van der Waals surface area contributed by atoms with Crippen molar-refractivity contribution >= 4 is 0 Å². The second-order valence-corrected chi connectivity index (χ2v) is 5.35. The van der Waals surface area contributed by atoms with E-state index in [0.717, 1.165) is 13.0 Å². The maximum atomic E-state index is 9.21. The topological polar surface area (TPSA) is 64.7 Å². The molecule has 0 aromatic rings. The van der Waals surface area contributed by atoms with Crippen LogP contribution >= 0.6 is 0 Å². The summed E-state index contributed by atoms with van der Waals surface area (Å²) in [5, 5.41) is 9.21. The van der Waals surface area contributed by atoms with Gasteiger partial charge in [-0.15, -0.1) is 0 Å². The van der Waals surface area contributed by atoms with Gasteiger partial charge in [0.05, 0.1) is 25.9 Å². The lowest BCUT2D eigenvalue weighted by Crippen LogP contribution is -2.41. The van der Waals surface area contributed by atoms with Gasteiger partial charge in [0, 0.05) is 12.6 Å². The quantitative estimate of drug-likeness (QED) is 0.573. The van der Waals surface area contributed by atoms with E-state index >= 15 is 0 Å². The molecule has 0 rings (SSSR count). The number of hydrogen-bond donors (Lipinski definition) is 2. The smallest absolute Gasteiger partial charge is 0.0957 e. The molecule has 0 radical (unpaired) electrons. The predicted octanol–water partition coefficient (Wildman–Crippen LogP) is 1.41. The van der Waals surface area contributed by atoms with Crippen LogP contribution in [-0.2, 0) is 9.47 Å². The SMILES string of the molecule is CC(C)COCCOC(CO)C(N)CC(C)C. The van der Waals surface area contributed by atoms with Crippen LogP contribution in [0.3, 0.4) is 0 Å². The Morgan fingerprint density at radius 1 is 1.06 bits per heavy atom. The molecule has 0 aromatic heterocycles. The Bertz CT molecular complexity index is 174. The number of ether oxygens (including phenoxy) is 2. The second-order valence-electron chi connectivity index (χ2n) is 5.35. The molecular weight excluding hydrogens is 218 g/mol. The molecule has 0 aromatic carbocycles. The molecule has 17 heavy (non-hydrogen) atoms. The van der Waals surface area contributed by atoms with E-state index in [9.17, 15) is 5.11 Å². The van der Waals surface area contributed by atoms with E-state index in [1.54, 1.807) is 0 Å². The van der Waals surface area contributed by atoms with Crippen LogP contribution in [-0.4, -0.2) is 43.7 Å². The fourth-order valence-electron chi connectivity index (χ4n) is 1.59. The van der Waals surface area contributed by atoms with Crippen molar-refractivity contribution < 1.29 is 14.6 Å². The number of aliphatic hydroxyl groups excluding tert-OH is 1. The summed E-state index contributed by atoms with van der Waals surface area (Å²) in [6.45, 7) is 10.2. The standard InChI is InChI=1S/C13H29NO3/c1-10(2)7-12(14)13(8-15)17-6-5-16-9-11(3)4/h10-13,15H,5-9,14H2,1-4H3. The summed E-state index contributed by atoms with van der Waals surface area (Å²) in [7, 11) is 0. The van der Waals surface area contributed by atoms with E-state index in [4.69, 9.17) is 15.2 Å². The zero-order valence-corrected chi connectivity index (χ0v) is 11.7. The van der Waals surface area contributed by atoms with E-state index in [2.05, 4.69) is 27.7 Å². The van der Waals surface area contributed by atoms with Crippen molar-refractivity contribution in [3.8, 4) is 0 Å². The molecule has 4 nitrogen and oxygen atoms in total. The fraction of sp³-hybridized carbons (Fsp3) is 1.00. The lowest BCUT2D eigenvalue weighted by molar-refractivity contribution is -0.0354. The van der Waals surface area contributed by atoms with E-state index in [1.807, 2.05) is 0 Å². The van der Waals surface area contributed by atoms with Gasteiger partial charge in [-0.2, -0.15) is 0 Å². The average molecular weight is 247 g/mol. The van der Waals surface area contributed by atoms with Gasteiger partial charge in [0.2, 0.25) is 0 Å². The van der Waals surface area contributed by atoms with E-state index in [-0.39, 0.29) is 18.8 Å². The normalized spacial score (nSPS) is 15.5. The fourth-order valence-corrected chi connectivity index (χ4v) is 1.59. The minimum Gasteiger partial charge on any atom is -0.394 e. The van der Waals surface area contributed by atoms with Gasteiger partial charge < -0.3 is 20.3 Å². The molecule has 0 aliphatic rings. The van der Waals surface area contributed by atoms with Crippen LogP contribution < -0.4 is 5.73 Å². The molecule has 0 aliphatic heterocycles. The third-order valence-electron chi connectivity index (χ3n) is 2.41. The lowest BCUT2D eigenvalue weighted by atomic mass is 10.0. The molecule has 0 fully saturated rings. The molecule has 0 saturated heterocycles. The predicted molar refractivity (Wildman–Crippen MR) is 69.9 cm³/mol. The summed E-state index contributed by atoms with van der Waals surface area (Å²) in [6, 6.07) is -0.106. The molecule has 0 amide bonds. The molecule has 2 atom stereocenters. The van der Waals surface area contributed by atoms with Crippen molar-refractivity contribution in [2.24, 2.45) is 17.6 Å². The van der Waals surface area contributed by atoms with Crippen molar-refractivity contribution in [2.75, 3.05) is 26.4 Å². The number of hydrogen-bond acceptors (Lipinski definition) is 4. The Kier molecular flexibility index (Phi) is 9.74. The molecule has 0 spiro atoms. The van der Waals surface area contributed by atoms with Gasteiger partial charge in [-0.05, 0) is 18.3 Å². The lowest BCUT2D eigenvalue weighted by Gasteiger charge is -2.23. The van der Waals surface area contributed by atoms with Crippen LogP contribution in [0.15, 0.2) is 0 Å². The third kappa shape index (κ3) is 9.53. The Morgan fingerprint density at radius 3 is 2.18 bits per heavy atom. The monoisotopic (exact) mass is 247 g/mol. The summed E-state index contributed by atoms with van der Waals surface area (Å²) in [5.74, 6) is 1.05. The Hall–Kier alpha value is -0.160. The molecule has 0 aliphatic carbocycles. The van der Waals surface area contributed by atoms with Crippen molar-refractivity contribution in [1.82, 2.24) is 0 Å². The summed E-state index contributed by atoms with van der Waals surface area (Å²) < 4.78 is 10.9. The van der Waals surface area contributed by atoms with Crippen LogP contribution in [0, 0.1) is 11.8 Å². The third-order valence-corrected chi connectivity index (χ3v) is 2.41. The van der Waals surface area contributed by atoms with Gasteiger partial charge in [-0.1, -0.05) is 27.7 Å². The maximum absolute atomic E-state index is 9.21. The summed E-state index contributed by atoms with van der Waals surface area (Å²) in [6.07, 6.45) is 0.581. The first-order chi connectivity index (χ1) is 7.97. The summed E-state index contributed by atoms with van der Waals surface area (Å²) in [4.78, 5) is 0. The molecule has 0 saturated carbocycles. The zero-order valence-electron chi connectivity index (χ0n) is 11.7. The minimum atomic E-state index is -0.278. The van der Waals surface area contributed by atoms with Crippen LogP contribution in [0.5, 0.6) is 0 Å². The molecule has 0 bridgehead atoms. The number of aliphatic hydroxyl groups is 1. The largest absolute Gasteiger partial charge is 0.394 e. The number of rotatable bonds is 10.